The topological polar surface area (TPSA) is 45.8 Å². The lowest BCUT2D eigenvalue weighted by Crippen LogP contribution is -2.32. The number of aromatic amines is 1. The van der Waals surface area contributed by atoms with Crippen LogP contribution in [0.3, 0.4) is 0 Å². The minimum atomic E-state index is 0.0637. The summed E-state index contributed by atoms with van der Waals surface area (Å²) in [7, 11) is 0. The van der Waals surface area contributed by atoms with Crippen LogP contribution in [-0.4, -0.2) is 10.2 Å². The summed E-state index contributed by atoms with van der Waals surface area (Å²) in [6, 6.07) is 0. The van der Waals surface area contributed by atoms with Crippen LogP contribution in [0.25, 0.3) is 0 Å². The SMILES string of the molecule is CC(C)c1n[nH]c(=O)c2c1C1CCC2CC1. The van der Waals surface area contributed by atoms with Crippen molar-refractivity contribution in [3.8, 4) is 0 Å². The molecular formula is C13H18N2O. The summed E-state index contributed by atoms with van der Waals surface area (Å²) in [5.74, 6) is 1.52. The lowest BCUT2D eigenvalue weighted by atomic mass is 9.66. The number of rotatable bonds is 1. The number of nitrogens with one attached hydrogen (secondary N) is 1. The molecule has 1 heterocycles. The first kappa shape index (κ1) is 10.1. The van der Waals surface area contributed by atoms with Gasteiger partial charge in [0.1, 0.15) is 0 Å². The molecule has 1 aromatic heterocycles. The highest BCUT2D eigenvalue weighted by molar-refractivity contribution is 5.40. The quantitative estimate of drug-likeness (QED) is 0.787. The first-order chi connectivity index (χ1) is 7.68. The number of aromatic nitrogens is 2. The van der Waals surface area contributed by atoms with Gasteiger partial charge in [-0.1, -0.05) is 13.8 Å². The minimum absolute atomic E-state index is 0.0637. The number of fused-ring (bicyclic) bond motifs is 2. The number of H-pyrrole nitrogens is 1. The van der Waals surface area contributed by atoms with Crippen LogP contribution in [0.1, 0.15) is 74.1 Å². The van der Waals surface area contributed by atoms with Crippen LogP contribution in [0.5, 0.6) is 0 Å². The normalized spacial score (nSPS) is 27.2. The highest BCUT2D eigenvalue weighted by atomic mass is 16.1. The summed E-state index contributed by atoms with van der Waals surface area (Å²) in [6.45, 7) is 4.31. The van der Waals surface area contributed by atoms with E-state index in [0.29, 0.717) is 17.8 Å². The van der Waals surface area contributed by atoms with Crippen LogP contribution in [-0.2, 0) is 0 Å². The molecule has 86 valence electrons. The fraction of sp³-hybridized carbons (Fsp3) is 0.692. The Hall–Kier alpha value is -1.12. The average Bonchev–Trinajstić information content (AvgIpc) is 2.30. The summed E-state index contributed by atoms with van der Waals surface area (Å²) < 4.78 is 0. The number of hydrogen-bond donors (Lipinski definition) is 1. The molecule has 0 radical (unpaired) electrons. The molecule has 0 unspecified atom stereocenters. The molecule has 0 aromatic carbocycles. The van der Waals surface area contributed by atoms with Crippen LogP contribution >= 0.6 is 0 Å². The molecule has 0 spiro atoms. The molecule has 3 aliphatic carbocycles. The van der Waals surface area contributed by atoms with Gasteiger partial charge in [0.05, 0.1) is 5.69 Å². The molecule has 0 saturated heterocycles. The predicted octanol–water partition coefficient (Wildman–Crippen LogP) is 2.65. The molecule has 1 N–H and O–H groups in total. The van der Waals surface area contributed by atoms with Gasteiger partial charge in [-0.05, 0) is 49.0 Å². The Morgan fingerprint density at radius 2 is 1.69 bits per heavy atom. The van der Waals surface area contributed by atoms with Gasteiger partial charge in [-0.15, -0.1) is 0 Å². The second-order valence-corrected chi connectivity index (χ2v) is 5.47. The standard InChI is InChI=1S/C13H18N2O/c1-7(2)12-10-8-3-5-9(6-4-8)11(10)13(16)15-14-12/h7-9H,3-6H2,1-2H3,(H,15,16). The van der Waals surface area contributed by atoms with Gasteiger partial charge in [0.25, 0.3) is 5.56 Å². The van der Waals surface area contributed by atoms with Gasteiger partial charge in [0, 0.05) is 5.56 Å². The maximum atomic E-state index is 11.9. The lowest BCUT2D eigenvalue weighted by Gasteiger charge is -2.38. The van der Waals surface area contributed by atoms with Crippen LogP contribution in [0.15, 0.2) is 4.79 Å². The van der Waals surface area contributed by atoms with Crippen molar-refractivity contribution < 1.29 is 0 Å². The van der Waals surface area contributed by atoms with E-state index in [1.54, 1.807) is 0 Å². The minimum Gasteiger partial charge on any atom is -0.268 e. The molecule has 1 saturated carbocycles. The van der Waals surface area contributed by atoms with E-state index in [-0.39, 0.29) is 5.56 Å². The Morgan fingerprint density at radius 1 is 1.12 bits per heavy atom. The molecule has 3 aliphatic rings. The fourth-order valence-electron chi connectivity index (χ4n) is 3.44. The second kappa shape index (κ2) is 3.44. The summed E-state index contributed by atoms with van der Waals surface area (Å²) >= 11 is 0. The zero-order chi connectivity index (χ0) is 11.3. The van der Waals surface area contributed by atoms with Crippen molar-refractivity contribution in [2.45, 2.75) is 57.3 Å². The van der Waals surface area contributed by atoms with Gasteiger partial charge < -0.3 is 0 Å². The maximum absolute atomic E-state index is 11.9. The van der Waals surface area contributed by atoms with E-state index < -0.39 is 0 Å². The predicted molar refractivity (Wildman–Crippen MR) is 62.9 cm³/mol. The van der Waals surface area contributed by atoms with Crippen molar-refractivity contribution in [1.82, 2.24) is 10.2 Å². The Bertz CT molecular complexity index is 467. The molecule has 0 amide bonds. The monoisotopic (exact) mass is 218 g/mol. The fourth-order valence-corrected chi connectivity index (χ4v) is 3.44. The largest absolute Gasteiger partial charge is 0.268 e. The van der Waals surface area contributed by atoms with Crippen LogP contribution in [0.4, 0.5) is 0 Å². The zero-order valence-electron chi connectivity index (χ0n) is 9.92. The molecule has 3 nitrogen and oxygen atoms in total. The Balaban J connectivity index is 2.27. The smallest absolute Gasteiger partial charge is 0.267 e. The summed E-state index contributed by atoms with van der Waals surface area (Å²) in [5, 5.41) is 6.96. The maximum Gasteiger partial charge on any atom is 0.267 e. The first-order valence-electron chi connectivity index (χ1n) is 6.31. The van der Waals surface area contributed by atoms with E-state index in [0.717, 1.165) is 11.3 Å². The molecule has 0 atom stereocenters. The average molecular weight is 218 g/mol. The van der Waals surface area contributed by atoms with E-state index >= 15 is 0 Å². The molecule has 0 aliphatic heterocycles. The summed E-state index contributed by atoms with van der Waals surface area (Å²) in [6.07, 6.45) is 4.90. The van der Waals surface area contributed by atoms with Crippen molar-refractivity contribution in [2.24, 2.45) is 0 Å². The van der Waals surface area contributed by atoms with Crippen molar-refractivity contribution in [2.75, 3.05) is 0 Å². The summed E-state index contributed by atoms with van der Waals surface area (Å²) in [5.41, 5.74) is 3.57. The van der Waals surface area contributed by atoms with E-state index in [9.17, 15) is 4.79 Å². The van der Waals surface area contributed by atoms with Crippen molar-refractivity contribution in [3.63, 3.8) is 0 Å². The molecule has 4 rings (SSSR count). The van der Waals surface area contributed by atoms with E-state index in [4.69, 9.17) is 0 Å². The highest BCUT2D eigenvalue weighted by Crippen LogP contribution is 2.49. The second-order valence-electron chi connectivity index (χ2n) is 5.47. The van der Waals surface area contributed by atoms with Crippen LogP contribution < -0.4 is 5.56 Å². The lowest BCUT2D eigenvalue weighted by molar-refractivity contribution is 0.349. The first-order valence-corrected chi connectivity index (χ1v) is 6.31. The molecule has 3 heteroatoms. The van der Waals surface area contributed by atoms with E-state index in [1.807, 2.05) is 0 Å². The van der Waals surface area contributed by atoms with Gasteiger partial charge in [0.2, 0.25) is 0 Å². The highest BCUT2D eigenvalue weighted by Gasteiger charge is 2.37. The third-order valence-electron chi connectivity index (χ3n) is 4.18. The van der Waals surface area contributed by atoms with Gasteiger partial charge >= 0.3 is 0 Å². The van der Waals surface area contributed by atoms with Crippen molar-refractivity contribution in [3.05, 3.63) is 27.2 Å². The Kier molecular flexibility index (Phi) is 2.16. The number of nitrogens with zero attached hydrogens (tertiary/aromatic N) is 1. The molecule has 16 heavy (non-hydrogen) atoms. The molecule has 1 aromatic rings. The molecule has 1 fully saturated rings. The van der Waals surface area contributed by atoms with Gasteiger partial charge in [-0.25, -0.2) is 5.10 Å². The third kappa shape index (κ3) is 1.27. The van der Waals surface area contributed by atoms with Gasteiger partial charge in [-0.3, -0.25) is 4.79 Å². The number of hydrogen-bond acceptors (Lipinski definition) is 2. The molecule has 2 bridgehead atoms. The zero-order valence-corrected chi connectivity index (χ0v) is 9.92. The van der Waals surface area contributed by atoms with Gasteiger partial charge in [0.15, 0.2) is 0 Å². The van der Waals surface area contributed by atoms with Crippen molar-refractivity contribution >= 4 is 0 Å². The van der Waals surface area contributed by atoms with Crippen LogP contribution in [0.2, 0.25) is 0 Å². The third-order valence-corrected chi connectivity index (χ3v) is 4.18. The van der Waals surface area contributed by atoms with E-state index in [2.05, 4.69) is 24.0 Å². The van der Waals surface area contributed by atoms with Crippen molar-refractivity contribution in [1.29, 1.82) is 0 Å². The molecular weight excluding hydrogens is 200 g/mol. The summed E-state index contributed by atoms with van der Waals surface area (Å²) in [4.78, 5) is 11.9. The Morgan fingerprint density at radius 3 is 2.25 bits per heavy atom. The Labute approximate surface area is 95.3 Å². The van der Waals surface area contributed by atoms with Crippen LogP contribution in [0, 0.1) is 0 Å². The van der Waals surface area contributed by atoms with Gasteiger partial charge in [-0.2, -0.15) is 5.10 Å². The van der Waals surface area contributed by atoms with E-state index in [1.165, 1.54) is 31.2 Å².